The summed E-state index contributed by atoms with van der Waals surface area (Å²) in [5.41, 5.74) is -5.43. The molecule has 0 aliphatic heterocycles. The second-order valence-electron chi connectivity index (χ2n) is 7.43. The van der Waals surface area contributed by atoms with Crippen molar-refractivity contribution in [1.29, 1.82) is 0 Å². The van der Waals surface area contributed by atoms with Crippen LogP contribution in [0, 0.1) is 5.92 Å². The molecular formula is C17H30F6O2S. The van der Waals surface area contributed by atoms with Gasteiger partial charge in [0.1, 0.15) is 0 Å². The number of alkyl halides is 6. The van der Waals surface area contributed by atoms with Crippen LogP contribution in [0.1, 0.15) is 66.2 Å². The quantitative estimate of drug-likeness (QED) is 0.337. The van der Waals surface area contributed by atoms with Gasteiger partial charge in [0.2, 0.25) is 0 Å². The van der Waals surface area contributed by atoms with E-state index in [1.54, 1.807) is 13.8 Å². The van der Waals surface area contributed by atoms with E-state index in [1.807, 2.05) is 0 Å². The summed E-state index contributed by atoms with van der Waals surface area (Å²) in [6.07, 6.45) is -8.11. The average molecular weight is 412 g/mol. The third-order valence-electron chi connectivity index (χ3n) is 4.62. The largest absolute Gasteiger partial charge is 0.416 e. The van der Waals surface area contributed by atoms with Gasteiger partial charge in [-0.05, 0) is 64.0 Å². The molecule has 2 unspecified atom stereocenters. The summed E-state index contributed by atoms with van der Waals surface area (Å²) in [7, 11) is 0. The Labute approximate surface area is 155 Å². The topological polar surface area (TPSA) is 40.5 Å². The Bertz CT molecular complexity index is 407. The first-order valence-electron chi connectivity index (χ1n) is 8.73. The number of aliphatic hydroxyl groups is 2. The molecule has 0 aromatic rings. The normalized spacial score (nSPS) is 20.3. The van der Waals surface area contributed by atoms with E-state index in [1.165, 1.54) is 11.8 Å². The van der Waals surface area contributed by atoms with Gasteiger partial charge in [0.15, 0.2) is 11.2 Å². The Balaban J connectivity index is 4.20. The van der Waals surface area contributed by atoms with Gasteiger partial charge in [-0.3, -0.25) is 0 Å². The maximum atomic E-state index is 12.7. The van der Waals surface area contributed by atoms with Crippen molar-refractivity contribution in [2.24, 2.45) is 5.92 Å². The van der Waals surface area contributed by atoms with E-state index in [-0.39, 0.29) is 30.4 Å². The molecule has 0 rings (SSSR count). The molecular weight excluding hydrogens is 382 g/mol. The van der Waals surface area contributed by atoms with Gasteiger partial charge in [0.25, 0.3) is 0 Å². The smallest absolute Gasteiger partial charge is 0.381 e. The van der Waals surface area contributed by atoms with Crippen LogP contribution >= 0.6 is 11.8 Å². The van der Waals surface area contributed by atoms with Crippen LogP contribution in [-0.4, -0.2) is 44.8 Å². The molecule has 0 saturated heterocycles. The first-order chi connectivity index (χ1) is 11.5. The molecule has 0 aromatic carbocycles. The van der Waals surface area contributed by atoms with Crippen molar-refractivity contribution in [3.05, 3.63) is 0 Å². The molecule has 2 N–H and O–H groups in total. The van der Waals surface area contributed by atoms with E-state index in [0.717, 1.165) is 13.8 Å². The summed E-state index contributed by atoms with van der Waals surface area (Å²) in [6.45, 7) is 5.08. The zero-order valence-electron chi connectivity index (χ0n) is 15.7. The van der Waals surface area contributed by atoms with Crippen LogP contribution in [0.2, 0.25) is 0 Å². The fourth-order valence-electron chi connectivity index (χ4n) is 2.38. The molecule has 0 aromatic heterocycles. The van der Waals surface area contributed by atoms with E-state index < -0.39 is 23.6 Å². The van der Waals surface area contributed by atoms with Crippen LogP contribution in [0.25, 0.3) is 0 Å². The molecule has 4 atom stereocenters. The lowest BCUT2D eigenvalue weighted by Gasteiger charge is -2.30. The molecule has 0 aliphatic rings. The molecule has 0 saturated carbocycles. The summed E-state index contributed by atoms with van der Waals surface area (Å²) in [4.78, 5) is 0. The third kappa shape index (κ3) is 8.69. The Kier molecular flexibility index (Phi) is 9.81. The van der Waals surface area contributed by atoms with Gasteiger partial charge >= 0.3 is 12.4 Å². The minimum absolute atomic E-state index is 0.0252. The predicted octanol–water partition coefficient (Wildman–Crippen LogP) is 5.71. The summed E-state index contributed by atoms with van der Waals surface area (Å²) < 4.78 is 75.9. The number of rotatable bonds is 11. The van der Waals surface area contributed by atoms with E-state index >= 15 is 0 Å². The summed E-state index contributed by atoms with van der Waals surface area (Å²) >= 11 is 1.35. The fraction of sp³-hybridized carbons (Fsp3) is 1.00. The van der Waals surface area contributed by atoms with E-state index in [0.29, 0.717) is 25.0 Å². The average Bonchev–Trinajstić information content (AvgIpc) is 2.45. The van der Waals surface area contributed by atoms with Gasteiger partial charge in [0, 0.05) is 5.25 Å². The van der Waals surface area contributed by atoms with E-state index in [4.69, 9.17) is 0 Å². The van der Waals surface area contributed by atoms with Crippen LogP contribution in [0.4, 0.5) is 26.3 Å². The summed E-state index contributed by atoms with van der Waals surface area (Å²) in [5, 5.41) is 18.6. The fourth-order valence-corrected chi connectivity index (χ4v) is 3.72. The molecule has 9 heteroatoms. The minimum atomic E-state index is -4.68. The summed E-state index contributed by atoms with van der Waals surface area (Å²) in [5.74, 6) is 0.551. The van der Waals surface area contributed by atoms with Gasteiger partial charge in [-0.2, -0.15) is 38.1 Å². The standard InChI is InChI=1S/C17H30F6O2S/c1-5-13(11-15(4,25)17(21,22)23)26-10-6-7-12(2)8-9-14(3,24)16(18,19)20/h12-13,24-25H,5-11H2,1-4H3/t12-,13-,14?,15?/m0/s1. The summed E-state index contributed by atoms with van der Waals surface area (Å²) in [6, 6.07) is 0. The molecule has 2 nitrogen and oxygen atoms in total. The number of hydrogen-bond donors (Lipinski definition) is 2. The van der Waals surface area contributed by atoms with Crippen molar-refractivity contribution in [2.45, 2.75) is 95.0 Å². The highest BCUT2D eigenvalue weighted by atomic mass is 32.2. The zero-order chi connectivity index (χ0) is 20.8. The maximum absolute atomic E-state index is 12.7. The monoisotopic (exact) mass is 412 g/mol. The molecule has 158 valence electrons. The van der Waals surface area contributed by atoms with Crippen LogP contribution in [0.5, 0.6) is 0 Å². The van der Waals surface area contributed by atoms with Gasteiger partial charge in [-0.1, -0.05) is 13.8 Å². The van der Waals surface area contributed by atoms with Crippen LogP contribution < -0.4 is 0 Å². The van der Waals surface area contributed by atoms with Crippen molar-refractivity contribution in [1.82, 2.24) is 0 Å². The van der Waals surface area contributed by atoms with E-state index in [2.05, 4.69) is 0 Å². The highest BCUT2D eigenvalue weighted by molar-refractivity contribution is 7.99. The van der Waals surface area contributed by atoms with Crippen LogP contribution in [0.15, 0.2) is 0 Å². The Morgan fingerprint density at radius 2 is 1.38 bits per heavy atom. The lowest BCUT2D eigenvalue weighted by Crippen LogP contribution is -2.44. The van der Waals surface area contributed by atoms with Gasteiger partial charge in [-0.15, -0.1) is 0 Å². The predicted molar refractivity (Wildman–Crippen MR) is 92.1 cm³/mol. The molecule has 0 spiro atoms. The minimum Gasteiger partial charge on any atom is -0.381 e. The molecule has 0 amide bonds. The number of hydrogen-bond acceptors (Lipinski definition) is 3. The second kappa shape index (κ2) is 9.87. The molecule has 0 fully saturated rings. The number of thioether (sulfide) groups is 1. The highest BCUT2D eigenvalue weighted by Gasteiger charge is 2.50. The Morgan fingerprint density at radius 1 is 0.885 bits per heavy atom. The first-order valence-corrected chi connectivity index (χ1v) is 9.78. The van der Waals surface area contributed by atoms with Crippen molar-refractivity contribution >= 4 is 11.8 Å². The lowest BCUT2D eigenvalue weighted by molar-refractivity contribution is -0.255. The van der Waals surface area contributed by atoms with Crippen molar-refractivity contribution in [2.75, 3.05) is 5.75 Å². The molecule has 26 heavy (non-hydrogen) atoms. The van der Waals surface area contributed by atoms with Crippen LogP contribution in [0.3, 0.4) is 0 Å². The SMILES string of the molecule is CC[C@@H](CC(C)(O)C(F)(F)F)SCCC[C@H](C)CCC(C)(O)C(F)(F)F. The second-order valence-corrected chi connectivity index (χ2v) is 8.84. The van der Waals surface area contributed by atoms with Gasteiger partial charge in [-0.25, -0.2) is 0 Å². The van der Waals surface area contributed by atoms with Crippen molar-refractivity contribution in [3.8, 4) is 0 Å². The van der Waals surface area contributed by atoms with Gasteiger partial charge < -0.3 is 10.2 Å². The molecule has 0 radical (unpaired) electrons. The first kappa shape index (κ1) is 25.9. The third-order valence-corrected chi connectivity index (χ3v) is 6.12. The molecule has 0 aliphatic carbocycles. The van der Waals surface area contributed by atoms with Gasteiger partial charge in [0.05, 0.1) is 0 Å². The molecule has 0 heterocycles. The number of halogens is 6. The maximum Gasteiger partial charge on any atom is 0.416 e. The molecule has 0 bridgehead atoms. The van der Waals surface area contributed by atoms with Crippen molar-refractivity contribution < 1.29 is 36.6 Å². The Hall–Kier alpha value is -0.150. The highest BCUT2D eigenvalue weighted by Crippen LogP contribution is 2.37. The van der Waals surface area contributed by atoms with E-state index in [9.17, 15) is 36.6 Å². The lowest BCUT2D eigenvalue weighted by atomic mass is 9.92. The van der Waals surface area contributed by atoms with Crippen LogP contribution in [-0.2, 0) is 0 Å². The zero-order valence-corrected chi connectivity index (χ0v) is 16.5. The Morgan fingerprint density at radius 3 is 1.81 bits per heavy atom. The van der Waals surface area contributed by atoms with Crippen molar-refractivity contribution in [3.63, 3.8) is 0 Å².